The highest BCUT2D eigenvalue weighted by Crippen LogP contribution is 2.30. The van der Waals surface area contributed by atoms with E-state index < -0.39 is 0 Å². The van der Waals surface area contributed by atoms with E-state index in [1.807, 2.05) is 0 Å². The summed E-state index contributed by atoms with van der Waals surface area (Å²) in [6.07, 6.45) is 7.48. The van der Waals surface area contributed by atoms with E-state index in [-0.39, 0.29) is 11.8 Å². The third-order valence-corrected chi connectivity index (χ3v) is 4.05. The Morgan fingerprint density at radius 1 is 1.18 bits per heavy atom. The Kier molecular flexibility index (Phi) is 4.15. The SMILES string of the molecule is CCC(C1CCCCC1)N1CC(=O)NC(=O)C1. The Labute approximate surface area is 103 Å². The van der Waals surface area contributed by atoms with Gasteiger partial charge in [0, 0.05) is 6.04 Å². The van der Waals surface area contributed by atoms with Crippen molar-refractivity contribution in [2.75, 3.05) is 13.1 Å². The molecule has 0 spiro atoms. The van der Waals surface area contributed by atoms with Crippen molar-refractivity contribution >= 4 is 11.8 Å². The maximum Gasteiger partial charge on any atom is 0.240 e. The molecule has 2 fully saturated rings. The van der Waals surface area contributed by atoms with Crippen LogP contribution >= 0.6 is 0 Å². The fourth-order valence-corrected chi connectivity index (χ4v) is 3.30. The number of imide groups is 1. The topological polar surface area (TPSA) is 49.4 Å². The molecule has 1 heterocycles. The summed E-state index contributed by atoms with van der Waals surface area (Å²) >= 11 is 0. The van der Waals surface area contributed by atoms with E-state index >= 15 is 0 Å². The van der Waals surface area contributed by atoms with Gasteiger partial charge in [0.25, 0.3) is 0 Å². The van der Waals surface area contributed by atoms with Crippen LogP contribution in [-0.4, -0.2) is 35.8 Å². The molecule has 2 aliphatic rings. The third kappa shape index (κ3) is 3.06. The van der Waals surface area contributed by atoms with E-state index in [0.717, 1.165) is 6.42 Å². The van der Waals surface area contributed by atoms with Gasteiger partial charge in [0.1, 0.15) is 0 Å². The van der Waals surface area contributed by atoms with Crippen molar-refractivity contribution in [2.45, 2.75) is 51.5 Å². The predicted molar refractivity (Wildman–Crippen MR) is 65.4 cm³/mol. The lowest BCUT2D eigenvalue weighted by Crippen LogP contribution is -2.56. The Hall–Kier alpha value is -0.900. The first-order valence-corrected chi connectivity index (χ1v) is 6.77. The summed E-state index contributed by atoms with van der Waals surface area (Å²) in [5.74, 6) is 0.387. The van der Waals surface area contributed by atoms with Crippen molar-refractivity contribution in [1.82, 2.24) is 10.2 Å². The Morgan fingerprint density at radius 2 is 1.76 bits per heavy atom. The fourth-order valence-electron chi connectivity index (χ4n) is 3.30. The predicted octanol–water partition coefficient (Wildman–Crippen LogP) is 1.30. The van der Waals surface area contributed by atoms with E-state index in [9.17, 15) is 9.59 Å². The molecule has 1 N–H and O–H groups in total. The Morgan fingerprint density at radius 3 is 2.29 bits per heavy atom. The number of amides is 2. The minimum atomic E-state index is -0.143. The van der Waals surface area contributed by atoms with Gasteiger partial charge in [0.15, 0.2) is 0 Å². The van der Waals surface area contributed by atoms with E-state index in [0.29, 0.717) is 25.0 Å². The van der Waals surface area contributed by atoms with E-state index in [4.69, 9.17) is 0 Å². The number of nitrogens with zero attached hydrogens (tertiary/aromatic N) is 1. The number of nitrogens with one attached hydrogen (secondary N) is 1. The molecule has 1 aliphatic heterocycles. The molecule has 1 aliphatic carbocycles. The molecule has 2 rings (SSSR count). The van der Waals surface area contributed by atoms with Crippen LogP contribution in [0, 0.1) is 5.92 Å². The Balaban J connectivity index is 2.00. The van der Waals surface area contributed by atoms with Crippen LogP contribution in [0.25, 0.3) is 0 Å². The van der Waals surface area contributed by atoms with Crippen LogP contribution in [0.4, 0.5) is 0 Å². The second-order valence-corrected chi connectivity index (χ2v) is 5.25. The van der Waals surface area contributed by atoms with Gasteiger partial charge in [0.05, 0.1) is 13.1 Å². The third-order valence-electron chi connectivity index (χ3n) is 4.05. The van der Waals surface area contributed by atoms with Crippen LogP contribution in [-0.2, 0) is 9.59 Å². The number of hydrogen-bond donors (Lipinski definition) is 1. The lowest BCUT2D eigenvalue weighted by molar-refractivity contribution is -0.137. The second-order valence-electron chi connectivity index (χ2n) is 5.25. The molecule has 0 aromatic rings. The standard InChI is InChI=1S/C13H22N2O2/c1-2-11(10-6-4-3-5-7-10)15-8-12(16)14-13(17)9-15/h10-11H,2-9H2,1H3,(H,14,16,17). The fraction of sp³-hybridized carbons (Fsp3) is 0.846. The number of piperazine rings is 1. The number of carbonyl (C=O) groups excluding carboxylic acids is 2. The van der Waals surface area contributed by atoms with Crippen LogP contribution in [0.5, 0.6) is 0 Å². The first kappa shape index (κ1) is 12.6. The molecule has 0 bridgehead atoms. The minimum Gasteiger partial charge on any atom is -0.294 e. The van der Waals surface area contributed by atoms with Crippen molar-refractivity contribution < 1.29 is 9.59 Å². The molecular weight excluding hydrogens is 216 g/mol. The van der Waals surface area contributed by atoms with Gasteiger partial charge in [-0.05, 0) is 25.2 Å². The maximum absolute atomic E-state index is 11.4. The van der Waals surface area contributed by atoms with Crippen LogP contribution < -0.4 is 5.32 Å². The molecule has 1 atom stereocenters. The molecule has 0 aromatic carbocycles. The zero-order chi connectivity index (χ0) is 12.3. The van der Waals surface area contributed by atoms with Gasteiger partial charge in [-0.25, -0.2) is 0 Å². The van der Waals surface area contributed by atoms with Crippen LogP contribution in [0.15, 0.2) is 0 Å². The zero-order valence-electron chi connectivity index (χ0n) is 10.6. The molecule has 4 heteroatoms. The van der Waals surface area contributed by atoms with Crippen LogP contribution in [0.1, 0.15) is 45.4 Å². The number of hydrogen-bond acceptors (Lipinski definition) is 3. The summed E-state index contributed by atoms with van der Waals surface area (Å²) < 4.78 is 0. The molecule has 1 unspecified atom stereocenters. The lowest BCUT2D eigenvalue weighted by atomic mass is 9.82. The summed E-state index contributed by atoms with van der Waals surface area (Å²) in [4.78, 5) is 24.9. The van der Waals surface area contributed by atoms with Crippen molar-refractivity contribution in [3.8, 4) is 0 Å². The summed E-state index contributed by atoms with van der Waals surface area (Å²) in [6, 6.07) is 0.408. The quantitative estimate of drug-likeness (QED) is 0.754. The lowest BCUT2D eigenvalue weighted by Gasteiger charge is -2.39. The van der Waals surface area contributed by atoms with Gasteiger partial charge in [-0.1, -0.05) is 26.2 Å². The van der Waals surface area contributed by atoms with Crippen LogP contribution in [0.2, 0.25) is 0 Å². The molecule has 96 valence electrons. The molecule has 2 amide bonds. The molecular formula is C13H22N2O2. The van der Waals surface area contributed by atoms with Gasteiger partial charge in [0.2, 0.25) is 11.8 Å². The van der Waals surface area contributed by atoms with Gasteiger partial charge in [-0.2, -0.15) is 0 Å². The molecule has 0 aromatic heterocycles. The highest BCUT2D eigenvalue weighted by atomic mass is 16.2. The van der Waals surface area contributed by atoms with Gasteiger partial charge in [-0.3, -0.25) is 19.8 Å². The Bertz CT molecular complexity index is 282. The average molecular weight is 238 g/mol. The largest absolute Gasteiger partial charge is 0.294 e. The summed E-state index contributed by atoms with van der Waals surface area (Å²) in [5, 5.41) is 2.37. The monoisotopic (exact) mass is 238 g/mol. The summed E-state index contributed by atoms with van der Waals surface area (Å²) in [5.41, 5.74) is 0. The number of rotatable bonds is 3. The maximum atomic E-state index is 11.4. The van der Waals surface area contributed by atoms with Crippen LogP contribution in [0.3, 0.4) is 0 Å². The van der Waals surface area contributed by atoms with E-state index in [2.05, 4.69) is 17.1 Å². The summed E-state index contributed by atoms with van der Waals surface area (Å²) in [7, 11) is 0. The highest BCUT2D eigenvalue weighted by Gasteiger charge is 2.32. The molecule has 17 heavy (non-hydrogen) atoms. The van der Waals surface area contributed by atoms with Gasteiger partial charge in [-0.15, -0.1) is 0 Å². The molecule has 1 saturated heterocycles. The van der Waals surface area contributed by atoms with Gasteiger partial charge < -0.3 is 0 Å². The first-order chi connectivity index (χ1) is 8.20. The first-order valence-electron chi connectivity index (χ1n) is 6.77. The minimum absolute atomic E-state index is 0.143. The molecule has 0 radical (unpaired) electrons. The molecule has 1 saturated carbocycles. The smallest absolute Gasteiger partial charge is 0.240 e. The van der Waals surface area contributed by atoms with E-state index in [1.54, 1.807) is 0 Å². The number of carbonyl (C=O) groups is 2. The zero-order valence-corrected chi connectivity index (χ0v) is 10.6. The molecule has 4 nitrogen and oxygen atoms in total. The van der Waals surface area contributed by atoms with E-state index in [1.165, 1.54) is 32.1 Å². The second kappa shape index (κ2) is 5.63. The van der Waals surface area contributed by atoms with Crippen molar-refractivity contribution in [1.29, 1.82) is 0 Å². The van der Waals surface area contributed by atoms with Crippen molar-refractivity contribution in [3.63, 3.8) is 0 Å². The highest BCUT2D eigenvalue weighted by molar-refractivity contribution is 5.99. The average Bonchev–Trinajstić information content (AvgIpc) is 2.30. The normalized spacial score (nSPS) is 25.7. The van der Waals surface area contributed by atoms with Crippen molar-refractivity contribution in [2.24, 2.45) is 5.92 Å². The van der Waals surface area contributed by atoms with Gasteiger partial charge >= 0.3 is 0 Å². The van der Waals surface area contributed by atoms with Crippen molar-refractivity contribution in [3.05, 3.63) is 0 Å². The summed E-state index contributed by atoms with van der Waals surface area (Å²) in [6.45, 7) is 2.94.